The number of ether oxygens (including phenoxy) is 3. The van der Waals surface area contributed by atoms with Gasteiger partial charge in [0.1, 0.15) is 29.1 Å². The largest absolute Gasteiger partial charge is 0.467 e. The number of esters is 1. The van der Waals surface area contributed by atoms with Crippen molar-refractivity contribution >= 4 is 30.7 Å². The van der Waals surface area contributed by atoms with Crippen LogP contribution < -0.4 is 0 Å². The van der Waals surface area contributed by atoms with E-state index in [1.165, 1.54) is 13.4 Å². The van der Waals surface area contributed by atoms with Crippen LogP contribution in [0.3, 0.4) is 0 Å². The van der Waals surface area contributed by atoms with Crippen LogP contribution in [0.1, 0.15) is 53.5 Å². The third-order valence-electron chi connectivity index (χ3n) is 4.56. The lowest BCUT2D eigenvalue weighted by Gasteiger charge is -2.35. The Hall–Kier alpha value is -3.23. The molecule has 0 bridgehead atoms. The number of aliphatic imine (C=N–C) groups is 2. The van der Waals surface area contributed by atoms with Crippen LogP contribution in [0.15, 0.2) is 40.3 Å². The molecule has 0 radical (unpaired) electrons. The van der Waals surface area contributed by atoms with Crippen LogP contribution in [0, 0.1) is 0 Å². The lowest BCUT2D eigenvalue weighted by molar-refractivity contribution is -0.147. The van der Waals surface area contributed by atoms with E-state index in [-0.39, 0.29) is 6.42 Å². The summed E-state index contributed by atoms with van der Waals surface area (Å²) in [4.78, 5) is 48.4. The number of carbonyl (C=O) groups excluding carboxylic acids is 3. The van der Waals surface area contributed by atoms with E-state index in [9.17, 15) is 14.4 Å². The van der Waals surface area contributed by atoms with Gasteiger partial charge in [-0.05, 0) is 47.1 Å². The van der Waals surface area contributed by atoms with Gasteiger partial charge in [0, 0.05) is 19.1 Å². The molecule has 1 aliphatic heterocycles. The predicted octanol–water partition coefficient (Wildman–Crippen LogP) is 4.18. The maximum Gasteiger partial charge on any atom is 0.420 e. The fraction of sp³-hybridized carbons (Fsp3) is 0.542. The van der Waals surface area contributed by atoms with Gasteiger partial charge in [0.05, 0.1) is 7.11 Å². The van der Waals surface area contributed by atoms with Crippen LogP contribution in [0.4, 0.5) is 9.59 Å². The fourth-order valence-corrected chi connectivity index (χ4v) is 3.27. The van der Waals surface area contributed by atoms with Crippen LogP contribution in [-0.4, -0.2) is 65.5 Å². The number of methoxy groups -OCH3 is 1. The third kappa shape index (κ3) is 7.69. The standard InChI is InChI=1S/C24H33N3O6/c1-22(2,3)32-20(29)27(21(30)33-23(4,5)6)18(19(28)31-7)14-24(15-25-16-26-24)13-17-11-9-8-10-12-17/h8-12,15-16,18H,13-14H2,1-7H3/t18-,24?/m0/s1. The predicted molar refractivity (Wildman–Crippen MR) is 125 cm³/mol. The monoisotopic (exact) mass is 459 g/mol. The van der Waals surface area contributed by atoms with E-state index in [1.807, 2.05) is 30.3 Å². The second kappa shape index (κ2) is 10.1. The Bertz CT molecular complexity index is 872. The number of benzene rings is 1. The van der Waals surface area contributed by atoms with Gasteiger partial charge in [-0.3, -0.25) is 4.99 Å². The number of amides is 2. The first-order valence-electron chi connectivity index (χ1n) is 10.7. The molecule has 180 valence electrons. The molecule has 0 N–H and O–H groups in total. The normalized spacial score (nSPS) is 18.5. The first-order chi connectivity index (χ1) is 15.3. The molecule has 1 aromatic carbocycles. The molecule has 0 saturated carbocycles. The van der Waals surface area contributed by atoms with Crippen LogP contribution >= 0.6 is 0 Å². The number of hydrogen-bond acceptors (Lipinski definition) is 8. The minimum atomic E-state index is -1.36. The molecule has 0 fully saturated rings. The maximum absolute atomic E-state index is 13.1. The van der Waals surface area contributed by atoms with E-state index < -0.39 is 40.9 Å². The van der Waals surface area contributed by atoms with Crippen molar-refractivity contribution in [3.8, 4) is 0 Å². The van der Waals surface area contributed by atoms with E-state index in [1.54, 1.807) is 47.8 Å². The molecule has 2 atom stereocenters. The summed E-state index contributed by atoms with van der Waals surface area (Å²) in [6.45, 7) is 9.98. The molecule has 2 rings (SSSR count). The molecule has 33 heavy (non-hydrogen) atoms. The molecule has 0 aromatic heterocycles. The van der Waals surface area contributed by atoms with Crippen LogP contribution in [-0.2, 0) is 25.4 Å². The van der Waals surface area contributed by atoms with E-state index in [0.717, 1.165) is 5.56 Å². The Morgan fingerprint density at radius 3 is 1.94 bits per heavy atom. The Morgan fingerprint density at radius 2 is 1.52 bits per heavy atom. The molecule has 9 nitrogen and oxygen atoms in total. The summed E-state index contributed by atoms with van der Waals surface area (Å²) in [5, 5.41) is 0. The molecule has 1 heterocycles. The Morgan fingerprint density at radius 1 is 0.970 bits per heavy atom. The number of rotatable bonds is 6. The van der Waals surface area contributed by atoms with E-state index >= 15 is 0 Å². The minimum Gasteiger partial charge on any atom is -0.467 e. The highest BCUT2D eigenvalue weighted by Crippen LogP contribution is 2.29. The first kappa shape index (κ1) is 26.0. The molecule has 9 heteroatoms. The zero-order valence-electron chi connectivity index (χ0n) is 20.3. The van der Waals surface area contributed by atoms with Gasteiger partial charge in [-0.15, -0.1) is 0 Å². The third-order valence-corrected chi connectivity index (χ3v) is 4.56. The van der Waals surface area contributed by atoms with Gasteiger partial charge in [-0.1, -0.05) is 30.3 Å². The van der Waals surface area contributed by atoms with Crippen LogP contribution in [0.25, 0.3) is 0 Å². The van der Waals surface area contributed by atoms with E-state index in [4.69, 9.17) is 14.2 Å². The van der Waals surface area contributed by atoms with Gasteiger partial charge in [0.25, 0.3) is 0 Å². The number of imide groups is 1. The molecular weight excluding hydrogens is 426 g/mol. The molecule has 0 saturated heterocycles. The average Bonchev–Trinajstić information content (AvgIpc) is 3.13. The SMILES string of the molecule is COC(=O)[C@H](CC1(Cc2ccccc2)C=NC=N1)N(C(=O)OC(C)(C)C)C(=O)OC(C)(C)C. The van der Waals surface area contributed by atoms with Crippen LogP contribution in [0.5, 0.6) is 0 Å². The van der Waals surface area contributed by atoms with E-state index in [0.29, 0.717) is 11.3 Å². The summed E-state index contributed by atoms with van der Waals surface area (Å²) in [7, 11) is 1.19. The Kier molecular flexibility index (Phi) is 8.00. The van der Waals surface area contributed by atoms with Crippen LogP contribution in [0.2, 0.25) is 0 Å². The second-order valence-electron chi connectivity index (χ2n) is 9.86. The van der Waals surface area contributed by atoms with Gasteiger partial charge < -0.3 is 14.2 Å². The van der Waals surface area contributed by atoms with Gasteiger partial charge in [0.15, 0.2) is 0 Å². The average molecular weight is 460 g/mol. The summed E-state index contributed by atoms with van der Waals surface area (Å²) >= 11 is 0. The molecule has 1 aromatic rings. The van der Waals surface area contributed by atoms with Crippen molar-refractivity contribution in [1.29, 1.82) is 0 Å². The lowest BCUT2D eigenvalue weighted by Crippen LogP contribution is -2.55. The smallest absolute Gasteiger partial charge is 0.420 e. The quantitative estimate of drug-likeness (QED) is 0.466. The topological polar surface area (TPSA) is 107 Å². The van der Waals surface area contributed by atoms with Crippen molar-refractivity contribution in [2.75, 3.05) is 7.11 Å². The summed E-state index contributed by atoms with van der Waals surface area (Å²) in [6.07, 6.45) is 1.31. The van der Waals surface area contributed by atoms with Crippen molar-refractivity contribution in [3.05, 3.63) is 35.9 Å². The Balaban J connectivity index is 2.47. The van der Waals surface area contributed by atoms with Gasteiger partial charge in [-0.2, -0.15) is 4.90 Å². The molecule has 2 amide bonds. The van der Waals surface area contributed by atoms with Crippen molar-refractivity contribution in [2.45, 2.75) is 77.2 Å². The van der Waals surface area contributed by atoms with Crippen molar-refractivity contribution in [2.24, 2.45) is 9.98 Å². The molecule has 1 aliphatic rings. The molecular formula is C24H33N3O6. The zero-order chi connectivity index (χ0) is 24.9. The molecule has 0 aliphatic carbocycles. The summed E-state index contributed by atoms with van der Waals surface area (Å²) in [6, 6.07) is 8.18. The lowest BCUT2D eigenvalue weighted by atomic mass is 9.86. The van der Waals surface area contributed by atoms with Crippen molar-refractivity contribution in [1.82, 2.24) is 4.90 Å². The molecule has 1 unspecified atom stereocenters. The van der Waals surface area contributed by atoms with Crippen molar-refractivity contribution in [3.63, 3.8) is 0 Å². The highest BCUT2D eigenvalue weighted by molar-refractivity contribution is 5.95. The Labute approximate surface area is 194 Å². The molecule has 0 spiro atoms. The first-order valence-corrected chi connectivity index (χ1v) is 10.7. The van der Waals surface area contributed by atoms with E-state index in [2.05, 4.69) is 9.98 Å². The maximum atomic E-state index is 13.1. The number of hydrogen-bond donors (Lipinski definition) is 0. The fourth-order valence-electron chi connectivity index (χ4n) is 3.27. The van der Waals surface area contributed by atoms with Gasteiger partial charge in [0.2, 0.25) is 0 Å². The number of carbonyl (C=O) groups is 3. The summed E-state index contributed by atoms with van der Waals surface area (Å²) in [5.41, 5.74) is -1.84. The van der Waals surface area contributed by atoms with Gasteiger partial charge in [-0.25, -0.2) is 19.4 Å². The highest BCUT2D eigenvalue weighted by Gasteiger charge is 2.46. The summed E-state index contributed by atoms with van der Waals surface area (Å²) in [5.74, 6) is -0.797. The number of nitrogens with zero attached hydrogens (tertiary/aromatic N) is 3. The zero-order valence-corrected chi connectivity index (χ0v) is 20.3. The summed E-state index contributed by atoms with van der Waals surface area (Å²) < 4.78 is 15.8. The minimum absolute atomic E-state index is 0.0624. The second-order valence-corrected chi connectivity index (χ2v) is 9.86. The highest BCUT2D eigenvalue weighted by atomic mass is 16.6. The van der Waals surface area contributed by atoms with Crippen molar-refractivity contribution < 1.29 is 28.6 Å². The van der Waals surface area contributed by atoms with Gasteiger partial charge >= 0.3 is 18.2 Å².